The highest BCUT2D eigenvalue weighted by Crippen LogP contribution is 2.19. The van der Waals surface area contributed by atoms with E-state index in [9.17, 15) is 14.4 Å². The fourth-order valence-electron chi connectivity index (χ4n) is 10.6. The molecule has 0 aromatic carbocycles. The lowest BCUT2D eigenvalue weighted by atomic mass is 10.0. The largest absolute Gasteiger partial charge is 0.462 e. The van der Waals surface area contributed by atoms with E-state index in [0.717, 1.165) is 57.8 Å². The summed E-state index contributed by atoms with van der Waals surface area (Å²) in [5.41, 5.74) is 0. The number of hydrogen-bond acceptors (Lipinski definition) is 6. The molecule has 0 amide bonds. The average molecular weight is 1030 g/mol. The highest BCUT2D eigenvalue weighted by molar-refractivity contribution is 5.71. The maximum absolute atomic E-state index is 12.9. The summed E-state index contributed by atoms with van der Waals surface area (Å²) in [4.78, 5) is 38.2. The van der Waals surface area contributed by atoms with Crippen molar-refractivity contribution < 1.29 is 28.6 Å². The number of rotatable bonds is 63. The molecule has 0 bridgehead atoms. The number of unbranched alkanes of at least 4 members (excludes halogenated alkanes) is 52. The second-order valence-electron chi connectivity index (χ2n) is 23.1. The predicted octanol–water partition coefficient (Wildman–Crippen LogP) is 22.7. The molecule has 0 heterocycles. The van der Waals surface area contributed by atoms with Gasteiger partial charge in [0.1, 0.15) is 13.2 Å². The van der Waals surface area contributed by atoms with Crippen LogP contribution in [-0.4, -0.2) is 37.2 Å². The molecular formula is C67H130O6. The molecule has 6 heteroatoms. The van der Waals surface area contributed by atoms with Crippen LogP contribution in [0.4, 0.5) is 0 Å². The van der Waals surface area contributed by atoms with Crippen molar-refractivity contribution >= 4 is 17.9 Å². The normalized spacial score (nSPS) is 11.9. The van der Waals surface area contributed by atoms with Crippen molar-refractivity contribution in [1.82, 2.24) is 0 Å². The van der Waals surface area contributed by atoms with E-state index in [0.29, 0.717) is 19.3 Å². The van der Waals surface area contributed by atoms with E-state index in [1.54, 1.807) is 0 Å². The van der Waals surface area contributed by atoms with Crippen LogP contribution in [0, 0.1) is 0 Å². The summed E-state index contributed by atoms with van der Waals surface area (Å²) in [6.45, 7) is 6.72. The van der Waals surface area contributed by atoms with Crippen LogP contribution in [-0.2, 0) is 28.6 Å². The smallest absolute Gasteiger partial charge is 0.306 e. The molecule has 0 aliphatic rings. The van der Waals surface area contributed by atoms with Crippen molar-refractivity contribution in [3.8, 4) is 0 Å². The number of ether oxygens (including phenoxy) is 3. The molecule has 0 saturated heterocycles. The molecule has 1 unspecified atom stereocenters. The second kappa shape index (κ2) is 62.9. The van der Waals surface area contributed by atoms with Gasteiger partial charge in [-0.15, -0.1) is 0 Å². The number of hydrogen-bond donors (Lipinski definition) is 0. The van der Waals surface area contributed by atoms with E-state index >= 15 is 0 Å². The summed E-state index contributed by atoms with van der Waals surface area (Å²) in [6, 6.07) is 0. The number of esters is 3. The quantitative estimate of drug-likeness (QED) is 0.0343. The number of carbonyl (C=O) groups is 3. The van der Waals surface area contributed by atoms with Gasteiger partial charge in [0, 0.05) is 19.3 Å². The van der Waals surface area contributed by atoms with Crippen molar-refractivity contribution in [2.75, 3.05) is 13.2 Å². The Bertz CT molecular complexity index is 1090. The van der Waals surface area contributed by atoms with Gasteiger partial charge in [0.2, 0.25) is 0 Å². The summed E-state index contributed by atoms with van der Waals surface area (Å²) in [6.07, 6.45) is 72.7. The Morgan fingerprint density at radius 3 is 0.548 bits per heavy atom. The summed E-state index contributed by atoms with van der Waals surface area (Å²) >= 11 is 0. The van der Waals surface area contributed by atoms with Gasteiger partial charge in [-0.1, -0.05) is 355 Å². The van der Waals surface area contributed by atoms with Gasteiger partial charge in [-0.3, -0.25) is 14.4 Å². The first-order valence-electron chi connectivity index (χ1n) is 33.5. The van der Waals surface area contributed by atoms with Crippen molar-refractivity contribution in [2.24, 2.45) is 0 Å². The fourth-order valence-corrected chi connectivity index (χ4v) is 10.6. The zero-order valence-electron chi connectivity index (χ0n) is 50.0. The first kappa shape index (κ1) is 71.4. The second-order valence-corrected chi connectivity index (χ2v) is 23.1. The first-order chi connectivity index (χ1) is 36.0. The van der Waals surface area contributed by atoms with Crippen LogP contribution in [0.25, 0.3) is 0 Å². The molecule has 0 spiro atoms. The van der Waals surface area contributed by atoms with Gasteiger partial charge < -0.3 is 14.2 Å². The Hall–Kier alpha value is -1.59. The lowest BCUT2D eigenvalue weighted by molar-refractivity contribution is -0.167. The van der Waals surface area contributed by atoms with Crippen LogP contribution in [0.1, 0.15) is 393 Å². The molecular weight excluding hydrogens is 901 g/mol. The van der Waals surface area contributed by atoms with Gasteiger partial charge in [-0.25, -0.2) is 0 Å². The Balaban J connectivity index is 4.12. The van der Waals surface area contributed by atoms with Gasteiger partial charge in [-0.2, -0.15) is 0 Å². The minimum atomic E-state index is -0.762. The van der Waals surface area contributed by atoms with Crippen LogP contribution in [0.2, 0.25) is 0 Å². The summed E-state index contributed by atoms with van der Waals surface area (Å²) in [5, 5.41) is 0. The van der Waals surface area contributed by atoms with Crippen LogP contribution in [0.5, 0.6) is 0 Å². The predicted molar refractivity (Wildman–Crippen MR) is 317 cm³/mol. The SMILES string of the molecule is CCCCCCCCCCCCCCCCCCCCCCCCCCCCCC(=O)OCC(COC(=O)CCCCCCCCCCCCC)OC(=O)CCCCCCCCCCCCCCCCCCC. The van der Waals surface area contributed by atoms with Crippen molar-refractivity contribution in [2.45, 2.75) is 399 Å². The minimum Gasteiger partial charge on any atom is -0.462 e. The Morgan fingerprint density at radius 1 is 0.219 bits per heavy atom. The maximum atomic E-state index is 12.9. The highest BCUT2D eigenvalue weighted by Gasteiger charge is 2.19. The summed E-state index contributed by atoms with van der Waals surface area (Å²) < 4.78 is 16.9. The van der Waals surface area contributed by atoms with Gasteiger partial charge >= 0.3 is 17.9 Å². The Labute approximate surface area is 457 Å². The van der Waals surface area contributed by atoms with Crippen LogP contribution in [0.3, 0.4) is 0 Å². The van der Waals surface area contributed by atoms with Gasteiger partial charge in [0.15, 0.2) is 6.10 Å². The Kier molecular flexibility index (Phi) is 61.6. The van der Waals surface area contributed by atoms with E-state index in [-0.39, 0.29) is 31.1 Å². The topological polar surface area (TPSA) is 78.9 Å². The first-order valence-corrected chi connectivity index (χ1v) is 33.5. The monoisotopic (exact) mass is 1030 g/mol. The molecule has 1 atom stereocenters. The van der Waals surface area contributed by atoms with E-state index in [2.05, 4.69) is 20.8 Å². The molecule has 0 rings (SSSR count). The molecule has 0 aliphatic heterocycles. The van der Waals surface area contributed by atoms with E-state index in [4.69, 9.17) is 14.2 Å². The molecule has 0 radical (unpaired) electrons. The van der Waals surface area contributed by atoms with Crippen molar-refractivity contribution in [1.29, 1.82) is 0 Å². The standard InChI is InChI=1S/C67H130O6/c1-4-7-10-13-16-19-22-24-26-28-29-30-31-32-33-34-35-36-37-39-40-42-45-48-51-54-57-60-66(69)72-63-64(62-71-65(68)59-56-53-50-47-44-21-18-15-12-9-6-3)73-67(70)61-58-55-52-49-46-43-41-38-27-25-23-20-17-14-11-8-5-2/h64H,4-63H2,1-3H3. The third-order valence-electron chi connectivity index (χ3n) is 15.6. The summed E-state index contributed by atoms with van der Waals surface area (Å²) in [5.74, 6) is -0.827. The molecule has 0 aromatic heterocycles. The molecule has 434 valence electrons. The fraction of sp³-hybridized carbons (Fsp3) is 0.955. The number of carbonyl (C=O) groups excluding carboxylic acids is 3. The van der Waals surface area contributed by atoms with Crippen LogP contribution in [0.15, 0.2) is 0 Å². The maximum Gasteiger partial charge on any atom is 0.306 e. The van der Waals surface area contributed by atoms with Crippen molar-refractivity contribution in [3.63, 3.8) is 0 Å². The lowest BCUT2D eigenvalue weighted by Crippen LogP contribution is -2.30. The van der Waals surface area contributed by atoms with Gasteiger partial charge in [-0.05, 0) is 19.3 Å². The third kappa shape index (κ3) is 61.1. The van der Waals surface area contributed by atoms with Crippen LogP contribution >= 0.6 is 0 Å². The van der Waals surface area contributed by atoms with Crippen molar-refractivity contribution in [3.05, 3.63) is 0 Å². The van der Waals surface area contributed by atoms with E-state index < -0.39 is 6.10 Å². The molecule has 0 N–H and O–H groups in total. The van der Waals surface area contributed by atoms with Crippen LogP contribution < -0.4 is 0 Å². The molecule has 0 saturated carbocycles. The Morgan fingerprint density at radius 2 is 0.370 bits per heavy atom. The average Bonchev–Trinajstić information content (AvgIpc) is 3.39. The van der Waals surface area contributed by atoms with E-state index in [1.165, 1.54) is 295 Å². The van der Waals surface area contributed by atoms with E-state index in [1.807, 2.05) is 0 Å². The highest BCUT2D eigenvalue weighted by atomic mass is 16.6. The lowest BCUT2D eigenvalue weighted by Gasteiger charge is -2.18. The molecule has 73 heavy (non-hydrogen) atoms. The third-order valence-corrected chi connectivity index (χ3v) is 15.6. The molecule has 0 aromatic rings. The minimum absolute atomic E-state index is 0.0607. The molecule has 6 nitrogen and oxygen atoms in total. The van der Waals surface area contributed by atoms with Gasteiger partial charge in [0.05, 0.1) is 0 Å². The molecule has 0 fully saturated rings. The summed E-state index contributed by atoms with van der Waals surface area (Å²) in [7, 11) is 0. The molecule has 0 aliphatic carbocycles. The zero-order chi connectivity index (χ0) is 52.9. The van der Waals surface area contributed by atoms with Gasteiger partial charge in [0.25, 0.3) is 0 Å². The zero-order valence-corrected chi connectivity index (χ0v) is 50.0.